The van der Waals surface area contributed by atoms with Crippen LogP contribution in [0.25, 0.3) is 0 Å². The lowest BCUT2D eigenvalue weighted by atomic mass is 10.1. The summed E-state index contributed by atoms with van der Waals surface area (Å²) in [6.45, 7) is 0.247. The molecular formula is C14H10BrF4N. The van der Waals surface area contributed by atoms with E-state index < -0.39 is 11.7 Å². The molecule has 0 aromatic heterocycles. The molecule has 0 spiro atoms. The Morgan fingerprint density at radius 1 is 1.05 bits per heavy atom. The molecule has 0 heterocycles. The van der Waals surface area contributed by atoms with Crippen LogP contribution < -0.4 is 5.32 Å². The molecule has 2 aromatic carbocycles. The molecule has 2 aromatic rings. The number of hydrogen-bond acceptors (Lipinski definition) is 1. The van der Waals surface area contributed by atoms with Crippen molar-refractivity contribution in [1.82, 2.24) is 0 Å². The lowest BCUT2D eigenvalue weighted by Crippen LogP contribution is -2.07. The molecule has 2 rings (SSSR count). The summed E-state index contributed by atoms with van der Waals surface area (Å²) in [6.07, 6.45) is -4.42. The van der Waals surface area contributed by atoms with E-state index in [4.69, 9.17) is 0 Å². The molecule has 0 aliphatic heterocycles. The maximum absolute atomic E-state index is 13.0. The van der Waals surface area contributed by atoms with E-state index in [2.05, 4.69) is 21.2 Å². The lowest BCUT2D eigenvalue weighted by Gasteiger charge is -2.12. The summed E-state index contributed by atoms with van der Waals surface area (Å²) >= 11 is 2.87. The summed E-state index contributed by atoms with van der Waals surface area (Å²) in [7, 11) is 0. The Morgan fingerprint density at radius 3 is 2.45 bits per heavy atom. The van der Waals surface area contributed by atoms with Crippen molar-refractivity contribution in [3.05, 3.63) is 63.9 Å². The highest BCUT2D eigenvalue weighted by molar-refractivity contribution is 9.10. The minimum atomic E-state index is -4.42. The third-order valence-electron chi connectivity index (χ3n) is 2.66. The Balaban J connectivity index is 2.14. The molecule has 106 valence electrons. The predicted molar refractivity (Wildman–Crippen MR) is 72.9 cm³/mol. The van der Waals surface area contributed by atoms with Gasteiger partial charge in [0.15, 0.2) is 0 Å². The normalized spacial score (nSPS) is 11.4. The number of hydrogen-bond donors (Lipinski definition) is 1. The van der Waals surface area contributed by atoms with Crippen molar-refractivity contribution in [2.24, 2.45) is 0 Å². The Kier molecular flexibility index (Phi) is 4.32. The molecule has 0 fully saturated rings. The quantitative estimate of drug-likeness (QED) is 0.750. The van der Waals surface area contributed by atoms with Crippen molar-refractivity contribution in [2.75, 3.05) is 5.32 Å². The Morgan fingerprint density at radius 2 is 1.80 bits per heavy atom. The van der Waals surface area contributed by atoms with E-state index in [0.717, 1.165) is 6.07 Å². The number of nitrogens with one attached hydrogen (secondary N) is 1. The van der Waals surface area contributed by atoms with Crippen molar-refractivity contribution < 1.29 is 17.6 Å². The van der Waals surface area contributed by atoms with Gasteiger partial charge in [-0.2, -0.15) is 13.2 Å². The second-order valence-electron chi connectivity index (χ2n) is 4.18. The van der Waals surface area contributed by atoms with Gasteiger partial charge < -0.3 is 5.32 Å². The van der Waals surface area contributed by atoms with E-state index in [1.165, 1.54) is 24.3 Å². The van der Waals surface area contributed by atoms with Gasteiger partial charge >= 0.3 is 6.18 Å². The second-order valence-corrected chi connectivity index (χ2v) is 5.03. The topological polar surface area (TPSA) is 12.0 Å². The summed E-state index contributed by atoms with van der Waals surface area (Å²) in [4.78, 5) is 0. The van der Waals surface area contributed by atoms with Crippen molar-refractivity contribution >= 4 is 21.6 Å². The van der Waals surface area contributed by atoms with Crippen LogP contribution in [0.3, 0.4) is 0 Å². The molecule has 0 saturated carbocycles. The van der Waals surface area contributed by atoms with Crippen LogP contribution in [0.1, 0.15) is 11.1 Å². The van der Waals surface area contributed by atoms with Gasteiger partial charge in [-0.15, -0.1) is 0 Å². The summed E-state index contributed by atoms with van der Waals surface area (Å²) in [5.74, 6) is -0.379. The minimum Gasteiger partial charge on any atom is -0.381 e. The van der Waals surface area contributed by atoms with Gasteiger partial charge in [0.1, 0.15) is 5.82 Å². The molecule has 1 nitrogen and oxygen atoms in total. The van der Waals surface area contributed by atoms with Crippen molar-refractivity contribution in [3.8, 4) is 0 Å². The number of benzene rings is 2. The van der Waals surface area contributed by atoms with E-state index in [0.29, 0.717) is 11.3 Å². The third-order valence-corrected chi connectivity index (χ3v) is 3.35. The average Bonchev–Trinajstić information content (AvgIpc) is 2.36. The maximum atomic E-state index is 13.0. The van der Waals surface area contributed by atoms with Gasteiger partial charge in [-0.3, -0.25) is 0 Å². The van der Waals surface area contributed by atoms with Crippen LogP contribution in [-0.4, -0.2) is 0 Å². The number of anilines is 1. The standard InChI is InChI=1S/C14H10BrF4N/c15-13-5-4-11(7-12(13)14(17,18)19)20-8-9-2-1-3-10(16)6-9/h1-7,20H,8H2. The summed E-state index contributed by atoms with van der Waals surface area (Å²) in [5.41, 5.74) is 0.230. The summed E-state index contributed by atoms with van der Waals surface area (Å²) < 4.78 is 51.2. The number of alkyl halides is 3. The molecule has 6 heteroatoms. The largest absolute Gasteiger partial charge is 0.417 e. The smallest absolute Gasteiger partial charge is 0.381 e. The molecule has 1 N–H and O–H groups in total. The van der Waals surface area contributed by atoms with E-state index in [1.54, 1.807) is 12.1 Å². The first-order valence-corrected chi connectivity index (χ1v) is 6.50. The Labute approximate surface area is 121 Å². The van der Waals surface area contributed by atoms with Gasteiger partial charge in [0.25, 0.3) is 0 Å². The molecule has 0 amide bonds. The van der Waals surface area contributed by atoms with Crippen LogP contribution in [0.5, 0.6) is 0 Å². The maximum Gasteiger partial charge on any atom is 0.417 e. The van der Waals surface area contributed by atoms with E-state index in [9.17, 15) is 17.6 Å². The third kappa shape index (κ3) is 3.72. The van der Waals surface area contributed by atoms with Gasteiger partial charge in [0.2, 0.25) is 0 Å². The molecule has 0 aliphatic rings. The van der Waals surface area contributed by atoms with E-state index in [-0.39, 0.29) is 16.8 Å². The van der Waals surface area contributed by atoms with Crippen molar-refractivity contribution in [1.29, 1.82) is 0 Å². The number of halogens is 5. The summed E-state index contributed by atoms with van der Waals surface area (Å²) in [6, 6.07) is 9.76. The first kappa shape index (κ1) is 14.8. The molecule has 0 radical (unpaired) electrons. The zero-order valence-corrected chi connectivity index (χ0v) is 11.7. The van der Waals surface area contributed by atoms with E-state index >= 15 is 0 Å². The fourth-order valence-electron chi connectivity index (χ4n) is 1.70. The Hall–Kier alpha value is -1.56. The fourth-order valence-corrected chi connectivity index (χ4v) is 2.17. The number of rotatable bonds is 3. The highest BCUT2D eigenvalue weighted by Crippen LogP contribution is 2.36. The SMILES string of the molecule is Fc1cccc(CNc2ccc(Br)c(C(F)(F)F)c2)c1. The van der Waals surface area contributed by atoms with Crippen LogP contribution in [-0.2, 0) is 12.7 Å². The first-order valence-electron chi connectivity index (χ1n) is 5.71. The van der Waals surface area contributed by atoms with Gasteiger partial charge in [0, 0.05) is 16.7 Å². The van der Waals surface area contributed by atoms with Crippen LogP contribution in [0.2, 0.25) is 0 Å². The van der Waals surface area contributed by atoms with Crippen molar-refractivity contribution in [2.45, 2.75) is 12.7 Å². The molecule has 0 unspecified atom stereocenters. The second kappa shape index (κ2) is 5.83. The molecule has 0 saturated heterocycles. The van der Waals surface area contributed by atoms with Gasteiger partial charge in [0.05, 0.1) is 5.56 Å². The van der Waals surface area contributed by atoms with Crippen LogP contribution in [0.15, 0.2) is 46.9 Å². The van der Waals surface area contributed by atoms with Gasteiger partial charge in [-0.05, 0) is 35.9 Å². The molecule has 0 bridgehead atoms. The summed E-state index contributed by atoms with van der Waals surface area (Å²) in [5, 5.41) is 2.84. The zero-order valence-electron chi connectivity index (χ0n) is 10.1. The average molecular weight is 348 g/mol. The van der Waals surface area contributed by atoms with Gasteiger partial charge in [-0.1, -0.05) is 28.1 Å². The fraction of sp³-hybridized carbons (Fsp3) is 0.143. The van der Waals surface area contributed by atoms with E-state index in [1.807, 2.05) is 0 Å². The monoisotopic (exact) mass is 347 g/mol. The molecular weight excluding hydrogens is 338 g/mol. The first-order chi connectivity index (χ1) is 9.36. The van der Waals surface area contributed by atoms with Crippen LogP contribution in [0.4, 0.5) is 23.2 Å². The van der Waals surface area contributed by atoms with Crippen LogP contribution >= 0.6 is 15.9 Å². The predicted octanol–water partition coefficient (Wildman–Crippen LogP) is 5.22. The zero-order chi connectivity index (χ0) is 14.8. The van der Waals surface area contributed by atoms with Gasteiger partial charge in [-0.25, -0.2) is 4.39 Å². The minimum absolute atomic E-state index is 0.0127. The van der Waals surface area contributed by atoms with Crippen LogP contribution in [0, 0.1) is 5.82 Å². The molecule has 0 aliphatic carbocycles. The molecule has 0 atom stereocenters. The highest BCUT2D eigenvalue weighted by atomic mass is 79.9. The van der Waals surface area contributed by atoms with Crippen molar-refractivity contribution in [3.63, 3.8) is 0 Å². The highest BCUT2D eigenvalue weighted by Gasteiger charge is 2.33. The molecule has 20 heavy (non-hydrogen) atoms. The Bertz CT molecular complexity index is 610. The lowest BCUT2D eigenvalue weighted by molar-refractivity contribution is -0.138.